The number of esters is 1. The Morgan fingerprint density at radius 1 is 1.36 bits per heavy atom. The number of pyridine rings is 2. The zero-order chi connectivity index (χ0) is 18.3. The van der Waals surface area contributed by atoms with Crippen LogP contribution >= 0.6 is 34.2 Å². The molecule has 25 heavy (non-hydrogen) atoms. The van der Waals surface area contributed by atoms with Gasteiger partial charge < -0.3 is 10.5 Å². The fraction of sp³-hybridized carbons (Fsp3) is 0.118. The minimum Gasteiger partial charge on any atom is -0.465 e. The minimum atomic E-state index is -0.781. The first kappa shape index (κ1) is 17.7. The summed E-state index contributed by atoms with van der Waals surface area (Å²) >= 11 is 8.07. The fourth-order valence-corrected chi connectivity index (χ4v) is 3.36. The number of hydrogen-bond donors (Lipinski definition) is 1. The molecular formula is C17H13ClIN3O3. The molecule has 0 atom stereocenters. The van der Waals surface area contributed by atoms with Crippen molar-refractivity contribution in [2.75, 3.05) is 12.8 Å². The number of nitrogens with two attached hydrogens (primary N) is 1. The monoisotopic (exact) mass is 469 g/mol. The van der Waals surface area contributed by atoms with Crippen molar-refractivity contribution in [1.29, 1.82) is 0 Å². The number of methoxy groups -OCH3 is 1. The molecule has 2 aromatic heterocycles. The number of hydrogen-bond acceptors (Lipinski definition) is 5. The lowest BCUT2D eigenvalue weighted by molar-refractivity contribution is 0.0600. The van der Waals surface area contributed by atoms with Crippen LogP contribution < -0.4 is 11.3 Å². The zero-order valence-electron chi connectivity index (χ0n) is 13.3. The van der Waals surface area contributed by atoms with Crippen molar-refractivity contribution in [3.8, 4) is 5.69 Å². The number of rotatable bonds is 2. The molecule has 0 radical (unpaired) electrons. The van der Waals surface area contributed by atoms with E-state index in [4.69, 9.17) is 22.1 Å². The third-order valence-corrected chi connectivity index (χ3v) is 4.74. The summed E-state index contributed by atoms with van der Waals surface area (Å²) in [6.07, 6.45) is 1.50. The topological polar surface area (TPSA) is 87.2 Å². The molecule has 0 bridgehead atoms. The highest BCUT2D eigenvalue weighted by atomic mass is 127. The smallest absolute Gasteiger partial charge is 0.345 e. The van der Waals surface area contributed by atoms with E-state index in [-0.39, 0.29) is 11.3 Å². The Bertz CT molecular complexity index is 1080. The normalized spacial score (nSPS) is 10.9. The van der Waals surface area contributed by atoms with Gasteiger partial charge in [0.1, 0.15) is 10.7 Å². The second kappa shape index (κ2) is 6.64. The molecule has 0 aliphatic carbocycles. The summed E-state index contributed by atoms with van der Waals surface area (Å²) in [6.45, 7) is 1.81. The van der Waals surface area contributed by atoms with Gasteiger partial charge in [-0.2, -0.15) is 0 Å². The van der Waals surface area contributed by atoms with Gasteiger partial charge in [0.05, 0.1) is 30.2 Å². The maximum atomic E-state index is 13.1. The number of aryl methyl sites for hydroxylation is 1. The first-order valence-electron chi connectivity index (χ1n) is 7.19. The van der Waals surface area contributed by atoms with Gasteiger partial charge in [-0.3, -0.25) is 9.36 Å². The van der Waals surface area contributed by atoms with Crippen LogP contribution in [0.15, 0.2) is 35.3 Å². The van der Waals surface area contributed by atoms with Crippen molar-refractivity contribution in [1.82, 2.24) is 9.55 Å². The van der Waals surface area contributed by atoms with Crippen molar-refractivity contribution >= 4 is 56.8 Å². The van der Waals surface area contributed by atoms with Crippen LogP contribution in [-0.2, 0) is 4.74 Å². The SMILES string of the molecule is COC(=O)c1c(N)c2ccc(I)cc2n(-c2cnc(Cl)cc2C)c1=O. The van der Waals surface area contributed by atoms with E-state index in [1.807, 2.05) is 19.1 Å². The summed E-state index contributed by atoms with van der Waals surface area (Å²) in [6, 6.07) is 7.09. The summed E-state index contributed by atoms with van der Waals surface area (Å²) in [7, 11) is 1.21. The number of carbonyl (C=O) groups is 1. The Balaban J connectivity index is 2.54. The minimum absolute atomic E-state index is 0.0964. The molecule has 2 N–H and O–H groups in total. The van der Waals surface area contributed by atoms with Crippen molar-refractivity contribution < 1.29 is 9.53 Å². The van der Waals surface area contributed by atoms with E-state index in [1.165, 1.54) is 17.9 Å². The van der Waals surface area contributed by atoms with E-state index in [0.29, 0.717) is 21.7 Å². The van der Waals surface area contributed by atoms with Crippen LogP contribution in [0.3, 0.4) is 0 Å². The predicted molar refractivity (Wildman–Crippen MR) is 106 cm³/mol. The van der Waals surface area contributed by atoms with Gasteiger partial charge in [0.15, 0.2) is 0 Å². The quantitative estimate of drug-likeness (QED) is 0.353. The van der Waals surface area contributed by atoms with Crippen LogP contribution in [0.1, 0.15) is 15.9 Å². The summed E-state index contributed by atoms with van der Waals surface area (Å²) < 4.78 is 7.08. The first-order valence-corrected chi connectivity index (χ1v) is 8.65. The Labute approximate surface area is 161 Å². The van der Waals surface area contributed by atoms with Crippen molar-refractivity contribution in [2.24, 2.45) is 0 Å². The molecule has 3 rings (SSSR count). The molecule has 0 saturated carbocycles. The van der Waals surface area contributed by atoms with Crippen LogP contribution in [0.2, 0.25) is 5.15 Å². The van der Waals surface area contributed by atoms with Gasteiger partial charge >= 0.3 is 5.97 Å². The van der Waals surface area contributed by atoms with Crippen molar-refractivity contribution in [3.05, 3.63) is 60.7 Å². The fourth-order valence-electron chi connectivity index (χ4n) is 2.68. The number of carbonyl (C=O) groups excluding carboxylic acids is 1. The Morgan fingerprint density at radius 3 is 2.72 bits per heavy atom. The number of fused-ring (bicyclic) bond motifs is 1. The lowest BCUT2D eigenvalue weighted by Gasteiger charge is -2.16. The number of nitrogens with zero attached hydrogens (tertiary/aromatic N) is 2. The second-order valence-corrected chi connectivity index (χ2v) is 7.01. The van der Waals surface area contributed by atoms with Gasteiger partial charge in [-0.25, -0.2) is 9.78 Å². The van der Waals surface area contributed by atoms with Crippen molar-refractivity contribution in [3.63, 3.8) is 0 Å². The van der Waals surface area contributed by atoms with E-state index in [9.17, 15) is 9.59 Å². The van der Waals surface area contributed by atoms with Gasteiger partial charge in [-0.1, -0.05) is 11.6 Å². The number of ether oxygens (including phenoxy) is 1. The molecule has 0 fully saturated rings. The molecule has 6 nitrogen and oxygen atoms in total. The first-order chi connectivity index (χ1) is 11.8. The molecule has 0 aliphatic rings. The molecule has 3 aromatic rings. The molecule has 1 aromatic carbocycles. The average Bonchev–Trinajstić information content (AvgIpc) is 2.56. The van der Waals surface area contributed by atoms with Crippen LogP contribution in [0.5, 0.6) is 0 Å². The van der Waals surface area contributed by atoms with Crippen LogP contribution in [-0.4, -0.2) is 22.6 Å². The summed E-state index contributed by atoms with van der Waals surface area (Å²) in [5, 5.41) is 0.895. The van der Waals surface area contributed by atoms with Crippen LogP contribution in [0.4, 0.5) is 5.69 Å². The van der Waals surface area contributed by atoms with Gasteiger partial charge in [-0.05, 0) is 59.3 Å². The average molecular weight is 470 g/mol. The summed E-state index contributed by atoms with van der Waals surface area (Å²) in [4.78, 5) is 29.3. The largest absolute Gasteiger partial charge is 0.465 e. The standard InChI is InChI=1S/C17H13ClIN3O3/c1-8-5-13(18)21-7-12(8)22-11-6-9(19)3-4-10(11)15(20)14(16(22)23)17(24)25-2/h3-7H,20H2,1-2H3. The maximum absolute atomic E-state index is 13.1. The molecule has 128 valence electrons. The molecule has 0 saturated heterocycles. The van der Waals surface area contributed by atoms with E-state index in [0.717, 1.165) is 9.13 Å². The number of anilines is 1. The molecule has 8 heteroatoms. The maximum Gasteiger partial charge on any atom is 0.345 e. The Kier molecular flexibility index (Phi) is 4.70. The lowest BCUT2D eigenvalue weighted by Crippen LogP contribution is -2.28. The Hall–Kier alpha value is -2.13. The van der Waals surface area contributed by atoms with Crippen LogP contribution in [0, 0.1) is 10.5 Å². The van der Waals surface area contributed by atoms with Gasteiger partial charge in [0.25, 0.3) is 5.56 Å². The van der Waals surface area contributed by atoms with E-state index in [2.05, 4.69) is 27.6 Å². The lowest BCUT2D eigenvalue weighted by atomic mass is 10.1. The zero-order valence-corrected chi connectivity index (χ0v) is 16.3. The van der Waals surface area contributed by atoms with Crippen molar-refractivity contribution in [2.45, 2.75) is 6.92 Å². The third-order valence-electron chi connectivity index (χ3n) is 3.86. The highest BCUT2D eigenvalue weighted by molar-refractivity contribution is 14.1. The molecule has 2 heterocycles. The second-order valence-electron chi connectivity index (χ2n) is 5.38. The predicted octanol–water partition coefficient (Wildman–Crippen LogP) is 3.32. The third kappa shape index (κ3) is 2.98. The Morgan fingerprint density at radius 2 is 2.08 bits per heavy atom. The van der Waals surface area contributed by atoms with Gasteiger partial charge in [0.2, 0.25) is 0 Å². The number of halogens is 2. The highest BCUT2D eigenvalue weighted by Gasteiger charge is 2.23. The van der Waals surface area contributed by atoms with E-state index < -0.39 is 11.5 Å². The summed E-state index contributed by atoms with van der Waals surface area (Å²) in [5.74, 6) is -0.781. The molecule has 0 amide bonds. The number of benzene rings is 1. The van der Waals surface area contributed by atoms with E-state index in [1.54, 1.807) is 12.1 Å². The number of nitrogen functional groups attached to an aromatic ring is 1. The van der Waals surface area contributed by atoms with Gasteiger partial charge in [-0.15, -0.1) is 0 Å². The van der Waals surface area contributed by atoms with Gasteiger partial charge in [0, 0.05) is 8.96 Å². The van der Waals surface area contributed by atoms with E-state index >= 15 is 0 Å². The summed E-state index contributed by atoms with van der Waals surface area (Å²) in [5.41, 5.74) is 7.27. The molecule has 0 unspecified atom stereocenters. The highest BCUT2D eigenvalue weighted by Crippen LogP contribution is 2.28. The number of aromatic nitrogens is 2. The molecular weight excluding hydrogens is 457 g/mol. The molecule has 0 aliphatic heterocycles. The van der Waals surface area contributed by atoms with Crippen LogP contribution in [0.25, 0.3) is 16.6 Å². The molecule has 0 spiro atoms.